The number of hydrogen-bond acceptors (Lipinski definition) is 3. The Morgan fingerprint density at radius 3 is 2.22 bits per heavy atom. The molecule has 1 heterocycles. The number of carbonyl (C=O) groups is 3. The van der Waals surface area contributed by atoms with E-state index in [1.807, 2.05) is 61.5 Å². The van der Waals surface area contributed by atoms with E-state index in [1.165, 1.54) is 4.90 Å². The third-order valence-corrected chi connectivity index (χ3v) is 6.95. The normalized spacial score (nSPS) is 26.7. The smallest absolute Gasteiger partial charge is 0.317 e. The number of nitrogens with zero attached hydrogens (tertiary/aromatic N) is 1. The second-order valence-corrected chi connectivity index (χ2v) is 9.06. The molecule has 4 amide bonds. The highest BCUT2D eigenvalue weighted by molar-refractivity contribution is 6.06. The van der Waals surface area contributed by atoms with Gasteiger partial charge in [-0.3, -0.25) is 14.5 Å². The quantitative estimate of drug-likeness (QED) is 0.559. The summed E-state index contributed by atoms with van der Waals surface area (Å²) in [5.74, 6) is -0.682. The summed E-state index contributed by atoms with van der Waals surface area (Å²) >= 11 is 0. The first-order chi connectivity index (χ1) is 15.5. The molecule has 0 radical (unpaired) electrons. The van der Waals surface area contributed by atoms with E-state index in [0.29, 0.717) is 12.1 Å². The van der Waals surface area contributed by atoms with Crippen molar-refractivity contribution in [3.63, 3.8) is 0 Å². The van der Waals surface area contributed by atoms with Crippen molar-refractivity contribution in [2.45, 2.75) is 32.4 Å². The molecule has 0 unspecified atom stereocenters. The van der Waals surface area contributed by atoms with Gasteiger partial charge in [0, 0.05) is 12.1 Å². The Hall–Kier alpha value is -3.41. The molecule has 3 aliphatic carbocycles. The van der Waals surface area contributed by atoms with Crippen LogP contribution in [0.15, 0.2) is 66.7 Å². The lowest BCUT2D eigenvalue weighted by Gasteiger charge is -2.38. The zero-order valence-corrected chi connectivity index (χ0v) is 18.0. The predicted octanol–water partition coefficient (Wildman–Crippen LogP) is 3.88. The highest BCUT2D eigenvalue weighted by Crippen LogP contribution is 2.50. The topological polar surface area (TPSA) is 78.5 Å². The first-order valence-electron chi connectivity index (χ1n) is 11.2. The SMILES string of the molecule is Cc1cccc(NC(=O)N[C@@H](Cc2ccccc2)N2C(=O)[C@@H]3[C@H](C2=O)[C@H]2C=C[C@H]3CC2)c1. The fraction of sp³-hybridized carbons (Fsp3) is 0.346. The van der Waals surface area contributed by atoms with E-state index >= 15 is 0 Å². The molecular formula is C26H27N3O3. The van der Waals surface area contributed by atoms with E-state index < -0.39 is 12.2 Å². The van der Waals surface area contributed by atoms with Crippen LogP contribution in [0, 0.1) is 30.6 Å². The second-order valence-electron chi connectivity index (χ2n) is 9.06. The van der Waals surface area contributed by atoms with Gasteiger partial charge in [-0.05, 0) is 54.9 Å². The Bertz CT molecular complexity index is 1050. The number of anilines is 1. The van der Waals surface area contributed by atoms with Crippen LogP contribution in [0.25, 0.3) is 0 Å². The lowest BCUT2D eigenvalue weighted by atomic mass is 9.63. The van der Waals surface area contributed by atoms with E-state index in [9.17, 15) is 14.4 Å². The Labute approximate surface area is 187 Å². The molecule has 32 heavy (non-hydrogen) atoms. The lowest BCUT2D eigenvalue weighted by molar-refractivity contribution is -0.143. The largest absolute Gasteiger partial charge is 0.320 e. The molecule has 4 aliphatic rings. The fourth-order valence-electron chi connectivity index (χ4n) is 5.49. The third-order valence-electron chi connectivity index (χ3n) is 6.95. The number of likely N-dealkylation sites (tertiary alicyclic amines) is 1. The van der Waals surface area contributed by atoms with E-state index in [1.54, 1.807) is 0 Å². The van der Waals surface area contributed by atoms with Crippen molar-refractivity contribution < 1.29 is 14.4 Å². The molecule has 1 aliphatic heterocycles. The van der Waals surface area contributed by atoms with Crippen LogP contribution in [0.1, 0.15) is 24.0 Å². The van der Waals surface area contributed by atoms with Crippen LogP contribution < -0.4 is 10.6 Å². The van der Waals surface area contributed by atoms with Crippen molar-refractivity contribution in [2.24, 2.45) is 23.7 Å². The molecule has 164 valence electrons. The van der Waals surface area contributed by atoms with Gasteiger partial charge in [0.05, 0.1) is 11.8 Å². The van der Waals surface area contributed by atoms with E-state index in [-0.39, 0.29) is 35.5 Å². The number of fused-ring (bicyclic) bond motifs is 1. The van der Waals surface area contributed by atoms with Gasteiger partial charge < -0.3 is 10.6 Å². The maximum atomic E-state index is 13.5. The number of benzene rings is 2. The molecule has 2 aromatic rings. The zero-order valence-electron chi connectivity index (χ0n) is 18.0. The highest BCUT2D eigenvalue weighted by atomic mass is 16.2. The summed E-state index contributed by atoms with van der Waals surface area (Å²) < 4.78 is 0. The minimum absolute atomic E-state index is 0.116. The number of allylic oxidation sites excluding steroid dienone is 2. The van der Waals surface area contributed by atoms with Gasteiger partial charge in [0.2, 0.25) is 11.8 Å². The first kappa shape index (κ1) is 20.5. The number of hydrogen-bond donors (Lipinski definition) is 2. The molecule has 5 atom stereocenters. The fourth-order valence-corrected chi connectivity index (χ4v) is 5.49. The Kier molecular flexibility index (Phi) is 5.29. The predicted molar refractivity (Wildman–Crippen MR) is 121 cm³/mol. The second kappa shape index (κ2) is 8.26. The van der Waals surface area contributed by atoms with Gasteiger partial charge in [-0.1, -0.05) is 54.6 Å². The molecule has 2 fully saturated rings. The van der Waals surface area contributed by atoms with Crippen molar-refractivity contribution in [3.05, 3.63) is 77.9 Å². The highest BCUT2D eigenvalue weighted by Gasteiger charge is 2.58. The van der Waals surface area contributed by atoms with Crippen molar-refractivity contribution in [1.29, 1.82) is 0 Å². The van der Waals surface area contributed by atoms with E-state index in [2.05, 4.69) is 22.8 Å². The van der Waals surface area contributed by atoms with Gasteiger partial charge in [0.15, 0.2) is 0 Å². The van der Waals surface area contributed by atoms with Crippen LogP contribution in [0.2, 0.25) is 0 Å². The number of amides is 4. The van der Waals surface area contributed by atoms with Gasteiger partial charge in [-0.2, -0.15) is 0 Å². The summed E-state index contributed by atoms with van der Waals surface area (Å²) in [6.07, 6.45) is 5.72. The summed E-state index contributed by atoms with van der Waals surface area (Å²) in [7, 11) is 0. The van der Waals surface area contributed by atoms with Crippen LogP contribution >= 0.6 is 0 Å². The lowest BCUT2D eigenvalue weighted by Crippen LogP contribution is -2.53. The minimum Gasteiger partial charge on any atom is -0.317 e. The third kappa shape index (κ3) is 3.70. The summed E-state index contributed by atoms with van der Waals surface area (Å²) in [5, 5.41) is 5.74. The molecule has 2 aromatic carbocycles. The summed E-state index contributed by atoms with van der Waals surface area (Å²) in [6, 6.07) is 16.7. The van der Waals surface area contributed by atoms with Crippen LogP contribution in [0.5, 0.6) is 0 Å². The molecule has 0 spiro atoms. The van der Waals surface area contributed by atoms with Crippen molar-refractivity contribution in [2.75, 3.05) is 5.32 Å². The molecule has 6 rings (SSSR count). The van der Waals surface area contributed by atoms with Crippen LogP contribution in [0.4, 0.5) is 10.5 Å². The van der Waals surface area contributed by atoms with Crippen molar-refractivity contribution in [3.8, 4) is 0 Å². The molecule has 0 aromatic heterocycles. The molecule has 6 nitrogen and oxygen atoms in total. The molecule has 6 heteroatoms. The minimum atomic E-state index is -0.743. The Morgan fingerprint density at radius 1 is 0.969 bits per heavy atom. The van der Waals surface area contributed by atoms with Gasteiger partial charge in [0.1, 0.15) is 6.17 Å². The molecule has 1 saturated carbocycles. The number of aryl methyl sites for hydroxylation is 1. The average molecular weight is 430 g/mol. The number of imide groups is 1. The van der Waals surface area contributed by atoms with Gasteiger partial charge >= 0.3 is 6.03 Å². The molecule has 1 saturated heterocycles. The first-order valence-corrected chi connectivity index (χ1v) is 11.2. The molecular weight excluding hydrogens is 402 g/mol. The van der Waals surface area contributed by atoms with Crippen molar-refractivity contribution in [1.82, 2.24) is 10.2 Å². The van der Waals surface area contributed by atoms with Gasteiger partial charge in [0.25, 0.3) is 0 Å². The zero-order chi connectivity index (χ0) is 22.2. The van der Waals surface area contributed by atoms with Gasteiger partial charge in [-0.25, -0.2) is 4.79 Å². The number of nitrogens with one attached hydrogen (secondary N) is 2. The molecule has 2 N–H and O–H groups in total. The number of carbonyl (C=O) groups excluding carboxylic acids is 3. The summed E-state index contributed by atoms with van der Waals surface area (Å²) in [5.41, 5.74) is 2.64. The number of rotatable bonds is 5. The van der Waals surface area contributed by atoms with Crippen LogP contribution in [0.3, 0.4) is 0 Å². The summed E-state index contributed by atoms with van der Waals surface area (Å²) in [6.45, 7) is 1.95. The molecule has 2 bridgehead atoms. The average Bonchev–Trinajstić information content (AvgIpc) is 3.07. The maximum absolute atomic E-state index is 13.5. The van der Waals surface area contributed by atoms with E-state index in [0.717, 1.165) is 24.0 Å². The van der Waals surface area contributed by atoms with Crippen LogP contribution in [-0.4, -0.2) is 28.9 Å². The summed E-state index contributed by atoms with van der Waals surface area (Å²) in [4.78, 5) is 41.1. The Balaban J connectivity index is 1.40. The Morgan fingerprint density at radius 2 is 1.62 bits per heavy atom. The standard InChI is InChI=1S/C26H27N3O3/c1-16-6-5-9-20(14-16)27-26(32)28-21(15-17-7-3-2-4-8-17)29-24(30)22-18-10-11-19(13-12-18)23(22)25(29)31/h2-11,14,18-19,21-23H,12-13,15H2,1H3,(H2,27,28,32)/t18-,19-,21+,22-,23+/m0/s1. The van der Waals surface area contributed by atoms with Crippen molar-refractivity contribution >= 4 is 23.5 Å². The maximum Gasteiger partial charge on any atom is 0.320 e. The van der Waals surface area contributed by atoms with Crippen LogP contribution in [-0.2, 0) is 16.0 Å². The monoisotopic (exact) mass is 429 g/mol. The van der Waals surface area contributed by atoms with Gasteiger partial charge in [-0.15, -0.1) is 0 Å². The number of urea groups is 1. The van der Waals surface area contributed by atoms with E-state index in [4.69, 9.17) is 0 Å².